The Balaban J connectivity index is 2.10. The van der Waals surface area contributed by atoms with Gasteiger partial charge in [-0.15, -0.1) is 0 Å². The molecular weight excluding hydrogens is 512 g/mol. The van der Waals surface area contributed by atoms with E-state index in [4.69, 9.17) is 0 Å². The highest BCUT2D eigenvalue weighted by Crippen LogP contribution is 2.43. The smallest absolute Gasteiger partial charge is 0.265 e. The molecule has 2 N–H and O–H groups in total. The van der Waals surface area contributed by atoms with E-state index in [2.05, 4.69) is 5.32 Å². The Hall–Kier alpha value is -3.36. The number of hydrogen-bond acceptors (Lipinski definition) is 5. The molecule has 39 heavy (non-hydrogen) atoms. The maximum absolute atomic E-state index is 13.3. The van der Waals surface area contributed by atoms with Gasteiger partial charge in [-0.05, 0) is 51.0 Å². The van der Waals surface area contributed by atoms with Crippen molar-refractivity contribution in [2.45, 2.75) is 65.2 Å². The number of Topliss-reactive ketones (excluding diaryl/α,β-unsaturated/α-hetero) is 2. The molecule has 0 radical (unpaired) electrons. The fourth-order valence-electron chi connectivity index (χ4n) is 5.03. The normalized spacial score (nSPS) is 14.8. The Labute approximate surface area is 232 Å². The fourth-order valence-corrected chi connectivity index (χ4v) is 5.52. The summed E-state index contributed by atoms with van der Waals surface area (Å²) < 4.78 is 34.2. The monoisotopic (exact) mass is 551 g/mol. The molecule has 8 heteroatoms. The highest BCUT2D eigenvalue weighted by atomic mass is 32.2. The number of rotatable bonds is 14. The van der Waals surface area contributed by atoms with Gasteiger partial charge in [-0.25, -0.2) is 0 Å². The van der Waals surface area contributed by atoms with E-state index in [-0.39, 0.29) is 23.7 Å². The van der Waals surface area contributed by atoms with Crippen LogP contribution in [0.15, 0.2) is 66.9 Å². The number of fused-ring (bicyclic) bond motifs is 1. The SMILES string of the molecule is CCCC(=O)c1cc(C(=O)CCC)c2c(c1)[N+](CCCS(=O)(=O)O)=C(/C=C/C=C/Nc1ccccc1)C2(C)C. The van der Waals surface area contributed by atoms with Gasteiger partial charge in [0.2, 0.25) is 5.69 Å². The summed E-state index contributed by atoms with van der Waals surface area (Å²) in [7, 11) is -4.13. The summed E-state index contributed by atoms with van der Waals surface area (Å²) in [5.74, 6) is -0.420. The van der Waals surface area contributed by atoms with Gasteiger partial charge in [0.25, 0.3) is 10.1 Å². The van der Waals surface area contributed by atoms with Gasteiger partial charge in [-0.1, -0.05) is 38.1 Å². The summed E-state index contributed by atoms with van der Waals surface area (Å²) in [5.41, 5.74) is 3.86. The summed E-state index contributed by atoms with van der Waals surface area (Å²) >= 11 is 0. The Kier molecular flexibility index (Phi) is 10.2. The first-order chi connectivity index (χ1) is 18.5. The first-order valence-electron chi connectivity index (χ1n) is 13.5. The van der Waals surface area contributed by atoms with Crippen LogP contribution in [0, 0.1) is 0 Å². The lowest BCUT2D eigenvalue weighted by atomic mass is 9.77. The van der Waals surface area contributed by atoms with E-state index in [1.54, 1.807) is 6.07 Å². The van der Waals surface area contributed by atoms with Crippen molar-refractivity contribution in [2.75, 3.05) is 17.6 Å². The second kappa shape index (κ2) is 13.1. The molecule has 0 fully saturated rings. The lowest BCUT2D eigenvalue weighted by Crippen LogP contribution is -2.29. The van der Waals surface area contributed by atoms with Crippen molar-refractivity contribution < 1.29 is 27.1 Å². The van der Waals surface area contributed by atoms with E-state index in [0.29, 0.717) is 43.4 Å². The third kappa shape index (κ3) is 7.61. The van der Waals surface area contributed by atoms with Crippen molar-refractivity contribution in [1.82, 2.24) is 0 Å². The van der Waals surface area contributed by atoms with Crippen molar-refractivity contribution in [1.29, 1.82) is 0 Å². The number of para-hydroxylation sites is 1. The lowest BCUT2D eigenvalue weighted by Gasteiger charge is -2.19. The quantitative estimate of drug-likeness (QED) is 0.120. The zero-order chi connectivity index (χ0) is 28.6. The standard InChI is InChI=1S/C31H38N2O5S/c1-5-13-27(34)23-21-25(28(35)14-6-2)30-26(22-23)33(19-12-20-39(36,37)38)29(31(30,3)4)17-10-11-18-32-24-15-8-7-9-16-24/h7-11,15-18,21-22H,5-6,12-14,19-20H2,1-4H3,(H,36,37,38)/p+1. The molecule has 2 aromatic carbocycles. The number of allylic oxidation sites excluding steroid dienone is 3. The molecule has 0 saturated carbocycles. The molecule has 1 aliphatic rings. The van der Waals surface area contributed by atoms with Gasteiger partial charge < -0.3 is 5.32 Å². The molecule has 0 spiro atoms. The first-order valence-corrected chi connectivity index (χ1v) is 15.1. The van der Waals surface area contributed by atoms with Crippen LogP contribution in [0.3, 0.4) is 0 Å². The molecule has 3 rings (SSSR count). The van der Waals surface area contributed by atoms with E-state index in [1.807, 2.05) is 93.1 Å². The Morgan fingerprint density at radius 2 is 1.67 bits per heavy atom. The summed E-state index contributed by atoms with van der Waals surface area (Å²) in [6.45, 7) is 8.27. The van der Waals surface area contributed by atoms with Crippen molar-refractivity contribution in [3.05, 3.63) is 83.6 Å². The number of nitrogens with one attached hydrogen (secondary N) is 1. The van der Waals surface area contributed by atoms with Crippen LogP contribution in [0.5, 0.6) is 0 Å². The van der Waals surface area contributed by atoms with Gasteiger partial charge in [0, 0.05) is 54.4 Å². The first kappa shape index (κ1) is 30.2. The van der Waals surface area contributed by atoms with Gasteiger partial charge in [-0.3, -0.25) is 14.1 Å². The number of anilines is 1. The zero-order valence-corrected chi connectivity index (χ0v) is 24.1. The third-order valence-electron chi connectivity index (χ3n) is 6.81. The summed E-state index contributed by atoms with van der Waals surface area (Å²) in [4.78, 5) is 26.3. The van der Waals surface area contributed by atoms with Crippen molar-refractivity contribution in [2.24, 2.45) is 0 Å². The minimum absolute atomic E-state index is 0.0111. The van der Waals surface area contributed by atoms with E-state index >= 15 is 0 Å². The van der Waals surface area contributed by atoms with Gasteiger partial charge >= 0.3 is 0 Å². The Morgan fingerprint density at radius 1 is 1.00 bits per heavy atom. The van der Waals surface area contributed by atoms with Gasteiger partial charge in [0.1, 0.15) is 6.54 Å². The second-order valence-electron chi connectivity index (χ2n) is 10.3. The highest BCUT2D eigenvalue weighted by molar-refractivity contribution is 7.85. The predicted octanol–water partition coefficient (Wildman–Crippen LogP) is 6.49. The van der Waals surface area contributed by atoms with Crippen molar-refractivity contribution in [3.8, 4) is 0 Å². The van der Waals surface area contributed by atoms with Gasteiger partial charge in [0.05, 0.1) is 16.7 Å². The summed E-state index contributed by atoms with van der Waals surface area (Å²) in [6, 6.07) is 13.3. The number of benzene rings is 2. The minimum atomic E-state index is -4.13. The number of hydrogen-bond donors (Lipinski definition) is 2. The summed E-state index contributed by atoms with van der Waals surface area (Å²) in [6.07, 6.45) is 9.86. The average molecular weight is 552 g/mol. The highest BCUT2D eigenvalue weighted by Gasteiger charge is 2.47. The number of nitrogens with zero attached hydrogens (tertiary/aromatic N) is 1. The molecule has 0 amide bonds. The Morgan fingerprint density at radius 3 is 2.31 bits per heavy atom. The fraction of sp³-hybridized carbons (Fsp3) is 0.387. The largest absolute Gasteiger partial charge is 0.362 e. The van der Waals surface area contributed by atoms with E-state index in [0.717, 1.165) is 22.6 Å². The molecule has 1 heterocycles. The number of ketones is 2. The van der Waals surface area contributed by atoms with Crippen LogP contribution < -0.4 is 5.32 Å². The average Bonchev–Trinajstić information content (AvgIpc) is 3.09. The van der Waals surface area contributed by atoms with Crippen LogP contribution in [0.4, 0.5) is 11.4 Å². The van der Waals surface area contributed by atoms with Crippen LogP contribution in [0.25, 0.3) is 0 Å². The van der Waals surface area contributed by atoms with Crippen molar-refractivity contribution in [3.63, 3.8) is 0 Å². The molecule has 0 saturated heterocycles. The molecular formula is C31H39N2O5S+. The van der Waals surface area contributed by atoms with Gasteiger partial charge in [-0.2, -0.15) is 13.0 Å². The van der Waals surface area contributed by atoms with E-state index in [1.165, 1.54) is 0 Å². The molecule has 0 atom stereocenters. The van der Waals surface area contributed by atoms with E-state index in [9.17, 15) is 22.6 Å². The number of carbonyl (C=O) groups is 2. The molecule has 0 aromatic heterocycles. The molecule has 2 aromatic rings. The number of carbonyl (C=O) groups excluding carboxylic acids is 2. The molecule has 0 aliphatic carbocycles. The second-order valence-corrected chi connectivity index (χ2v) is 11.9. The van der Waals surface area contributed by atoms with Crippen LogP contribution >= 0.6 is 0 Å². The van der Waals surface area contributed by atoms with Crippen LogP contribution in [-0.2, 0) is 15.5 Å². The van der Waals surface area contributed by atoms with Crippen molar-refractivity contribution >= 4 is 38.8 Å². The van der Waals surface area contributed by atoms with E-state index < -0.39 is 15.5 Å². The third-order valence-corrected chi connectivity index (χ3v) is 7.61. The Bertz CT molecular complexity index is 1400. The lowest BCUT2D eigenvalue weighted by molar-refractivity contribution is -0.437. The molecule has 208 valence electrons. The molecule has 1 aliphatic heterocycles. The topological polar surface area (TPSA) is 104 Å². The predicted molar refractivity (Wildman–Crippen MR) is 157 cm³/mol. The van der Waals surface area contributed by atoms with Crippen LogP contribution in [0.1, 0.15) is 86.1 Å². The maximum Gasteiger partial charge on any atom is 0.265 e. The minimum Gasteiger partial charge on any atom is -0.362 e. The van der Waals surface area contributed by atoms with Crippen LogP contribution in [-0.4, -0.2) is 47.1 Å². The molecule has 0 bridgehead atoms. The van der Waals surface area contributed by atoms with Crippen LogP contribution in [0.2, 0.25) is 0 Å². The maximum atomic E-state index is 13.3. The molecule has 7 nitrogen and oxygen atoms in total. The zero-order valence-electron chi connectivity index (χ0n) is 23.2. The molecule has 0 unspecified atom stereocenters. The van der Waals surface area contributed by atoms with Gasteiger partial charge in [0.15, 0.2) is 17.3 Å². The summed E-state index contributed by atoms with van der Waals surface area (Å²) in [5, 5.41) is 3.21.